The summed E-state index contributed by atoms with van der Waals surface area (Å²) in [5.41, 5.74) is 1.70. The lowest BCUT2D eigenvalue weighted by molar-refractivity contribution is -0.168. The van der Waals surface area contributed by atoms with Gasteiger partial charge in [0.2, 0.25) is 12.0 Å². The Morgan fingerprint density at radius 3 is 1.95 bits per heavy atom. The monoisotopic (exact) mass is 333 g/mol. The minimum Gasteiger partial charge on any atom is -0.467 e. The van der Waals surface area contributed by atoms with Crippen molar-refractivity contribution in [1.82, 2.24) is 5.48 Å². The summed E-state index contributed by atoms with van der Waals surface area (Å²) in [6, 6.07) is 0. The molecule has 0 radical (unpaired) electrons. The molecule has 0 heterocycles. The Kier molecular flexibility index (Phi) is 7.25. The van der Waals surface area contributed by atoms with Crippen molar-refractivity contribution in [3.63, 3.8) is 0 Å². The van der Waals surface area contributed by atoms with Crippen LogP contribution in [0.4, 0.5) is 0 Å². The third-order valence-electron chi connectivity index (χ3n) is 3.84. The van der Waals surface area contributed by atoms with Gasteiger partial charge in [0, 0.05) is 5.41 Å². The zero-order valence-corrected chi connectivity index (χ0v) is 16.3. The maximum absolute atomic E-state index is 11.8. The van der Waals surface area contributed by atoms with Crippen LogP contribution in [-0.4, -0.2) is 40.0 Å². The molecule has 0 aliphatic carbocycles. The minimum absolute atomic E-state index is 0.0162. The number of carbonyl (C=O) groups is 2. The molecule has 0 aliphatic heterocycles. The van der Waals surface area contributed by atoms with Crippen molar-refractivity contribution < 1.29 is 23.6 Å². The number of methoxy groups -OCH3 is 1. The fraction of sp³-hybridized carbons (Fsp3) is 0.867. The minimum atomic E-state index is -2.02. The first kappa shape index (κ1) is 21.1. The Morgan fingerprint density at radius 1 is 1.09 bits per heavy atom. The van der Waals surface area contributed by atoms with Gasteiger partial charge in [-0.3, -0.25) is 9.63 Å². The second-order valence-corrected chi connectivity index (χ2v) is 12.7. The smallest absolute Gasteiger partial charge is 0.340 e. The fourth-order valence-corrected chi connectivity index (χ4v) is 2.06. The predicted molar refractivity (Wildman–Crippen MR) is 87.6 cm³/mol. The lowest BCUT2D eigenvalue weighted by Crippen LogP contribution is -2.47. The van der Waals surface area contributed by atoms with Gasteiger partial charge in [-0.25, -0.2) is 10.3 Å². The molecule has 22 heavy (non-hydrogen) atoms. The van der Waals surface area contributed by atoms with Crippen LogP contribution in [-0.2, 0) is 23.6 Å². The van der Waals surface area contributed by atoms with Crippen molar-refractivity contribution in [2.75, 3.05) is 13.7 Å². The maximum atomic E-state index is 11.8. The number of esters is 1. The average Bonchev–Trinajstić information content (AvgIpc) is 2.35. The van der Waals surface area contributed by atoms with Crippen LogP contribution in [0.15, 0.2) is 0 Å². The van der Waals surface area contributed by atoms with Gasteiger partial charge in [-0.05, 0) is 18.1 Å². The fourth-order valence-electron chi connectivity index (χ4n) is 1.06. The van der Waals surface area contributed by atoms with Gasteiger partial charge < -0.3 is 9.16 Å². The second kappa shape index (κ2) is 7.57. The molecular formula is C15H31NO5Si. The predicted octanol–water partition coefficient (Wildman–Crippen LogP) is 2.64. The Morgan fingerprint density at radius 2 is 1.59 bits per heavy atom. The van der Waals surface area contributed by atoms with Gasteiger partial charge in [-0.2, -0.15) is 0 Å². The summed E-state index contributed by atoms with van der Waals surface area (Å²) in [5.74, 6) is -0.887. The van der Waals surface area contributed by atoms with E-state index in [1.54, 1.807) is 20.8 Å². The molecule has 130 valence electrons. The van der Waals surface area contributed by atoms with Crippen LogP contribution in [0.25, 0.3) is 0 Å². The Balaban J connectivity index is 4.75. The molecule has 0 unspecified atom stereocenters. The van der Waals surface area contributed by atoms with Crippen molar-refractivity contribution >= 4 is 20.2 Å². The van der Waals surface area contributed by atoms with Crippen molar-refractivity contribution in [3.05, 3.63) is 0 Å². The van der Waals surface area contributed by atoms with E-state index in [1.807, 2.05) is 0 Å². The van der Waals surface area contributed by atoms with Crippen LogP contribution >= 0.6 is 0 Å². The summed E-state index contributed by atoms with van der Waals surface area (Å²) in [7, 11) is -0.745. The highest BCUT2D eigenvalue weighted by Gasteiger charge is 2.38. The number of ether oxygens (including phenoxy) is 1. The molecule has 0 fully saturated rings. The normalized spacial score (nSPS) is 14.4. The van der Waals surface area contributed by atoms with Gasteiger partial charge in [0.25, 0.3) is 0 Å². The zero-order chi connectivity index (χ0) is 17.8. The first-order valence-corrected chi connectivity index (χ1v) is 10.3. The maximum Gasteiger partial charge on any atom is 0.340 e. The molecule has 6 nitrogen and oxygen atoms in total. The lowest BCUT2D eigenvalue weighted by atomic mass is 9.96. The van der Waals surface area contributed by atoms with Crippen molar-refractivity contribution in [1.29, 1.82) is 0 Å². The van der Waals surface area contributed by atoms with E-state index in [2.05, 4.69) is 39.3 Å². The molecule has 0 spiro atoms. The first-order chi connectivity index (χ1) is 9.72. The van der Waals surface area contributed by atoms with E-state index < -0.39 is 25.8 Å². The van der Waals surface area contributed by atoms with Gasteiger partial charge in [-0.15, -0.1) is 0 Å². The molecule has 0 aromatic rings. The molecule has 1 N–H and O–H groups in total. The van der Waals surface area contributed by atoms with Crippen LogP contribution < -0.4 is 5.48 Å². The van der Waals surface area contributed by atoms with E-state index in [0.717, 1.165) is 0 Å². The molecule has 0 saturated carbocycles. The third kappa shape index (κ3) is 6.45. The summed E-state index contributed by atoms with van der Waals surface area (Å²) < 4.78 is 10.7. The van der Waals surface area contributed by atoms with Crippen LogP contribution in [0.5, 0.6) is 0 Å². The summed E-state index contributed by atoms with van der Waals surface area (Å²) in [4.78, 5) is 28.8. The SMILES string of the molecule is COC(=O)[C@@H](CO[Si](C)(C)C(C)(C)C)ONC(=O)C(C)(C)C. The first-order valence-electron chi connectivity index (χ1n) is 7.40. The number of hydrogen-bond acceptors (Lipinski definition) is 5. The van der Waals surface area contributed by atoms with Crippen molar-refractivity contribution in [2.45, 2.75) is 65.8 Å². The molecule has 1 atom stereocenters. The number of nitrogens with one attached hydrogen (secondary N) is 1. The Bertz CT molecular complexity index is 396. The molecule has 0 rings (SSSR count). The number of rotatable bonds is 6. The molecule has 0 aromatic heterocycles. The van der Waals surface area contributed by atoms with Gasteiger partial charge in [0.05, 0.1) is 13.7 Å². The molecule has 0 saturated heterocycles. The van der Waals surface area contributed by atoms with Gasteiger partial charge >= 0.3 is 5.97 Å². The highest BCUT2D eigenvalue weighted by Crippen LogP contribution is 2.36. The van der Waals surface area contributed by atoms with E-state index in [1.165, 1.54) is 7.11 Å². The molecule has 0 aromatic carbocycles. The van der Waals surface area contributed by atoms with E-state index in [4.69, 9.17) is 14.0 Å². The van der Waals surface area contributed by atoms with Crippen LogP contribution in [0.2, 0.25) is 18.1 Å². The summed E-state index contributed by atoms with van der Waals surface area (Å²) >= 11 is 0. The van der Waals surface area contributed by atoms with E-state index >= 15 is 0 Å². The molecule has 0 aliphatic rings. The standard InChI is InChI=1S/C15H31NO5Si/c1-14(2,3)13(18)16-21-11(12(17)19-7)10-20-22(8,9)15(4,5)6/h11H,10H2,1-9H3,(H,16,18)/t11-/m1/s1. The second-order valence-electron chi connectivity index (χ2n) is 7.88. The summed E-state index contributed by atoms with van der Waals surface area (Å²) in [6.07, 6.45) is -0.981. The Hall–Kier alpha value is -0.923. The Labute approximate surface area is 135 Å². The van der Waals surface area contributed by atoms with Crippen LogP contribution in [0.3, 0.4) is 0 Å². The lowest BCUT2D eigenvalue weighted by Gasteiger charge is -2.36. The largest absolute Gasteiger partial charge is 0.467 e. The highest BCUT2D eigenvalue weighted by atomic mass is 28.4. The summed E-state index contributed by atoms with van der Waals surface area (Å²) in [5, 5.41) is 0.0162. The average molecular weight is 334 g/mol. The van der Waals surface area contributed by atoms with Crippen molar-refractivity contribution in [2.24, 2.45) is 5.41 Å². The topological polar surface area (TPSA) is 73.9 Å². The molecular weight excluding hydrogens is 302 g/mol. The van der Waals surface area contributed by atoms with E-state index in [-0.39, 0.29) is 17.6 Å². The number of amides is 1. The number of hydroxylamine groups is 1. The van der Waals surface area contributed by atoms with Gasteiger partial charge in [-0.1, -0.05) is 41.5 Å². The number of hydrogen-bond donors (Lipinski definition) is 1. The van der Waals surface area contributed by atoms with E-state index in [9.17, 15) is 9.59 Å². The van der Waals surface area contributed by atoms with E-state index in [0.29, 0.717) is 0 Å². The molecule has 7 heteroatoms. The van der Waals surface area contributed by atoms with Crippen LogP contribution in [0.1, 0.15) is 41.5 Å². The van der Waals surface area contributed by atoms with Crippen LogP contribution in [0, 0.1) is 5.41 Å². The van der Waals surface area contributed by atoms with Gasteiger partial charge in [0.1, 0.15) is 0 Å². The van der Waals surface area contributed by atoms with Crippen molar-refractivity contribution in [3.8, 4) is 0 Å². The number of carbonyl (C=O) groups excluding carboxylic acids is 2. The quantitative estimate of drug-likeness (QED) is 0.459. The zero-order valence-electron chi connectivity index (χ0n) is 15.3. The summed E-state index contributed by atoms with van der Waals surface area (Å²) in [6.45, 7) is 15.8. The highest BCUT2D eigenvalue weighted by molar-refractivity contribution is 6.74. The van der Waals surface area contributed by atoms with Gasteiger partial charge in [0.15, 0.2) is 8.32 Å². The third-order valence-corrected chi connectivity index (χ3v) is 8.34. The molecule has 0 bridgehead atoms. The molecule has 1 amide bonds.